The van der Waals surface area contributed by atoms with Crippen LogP contribution in [0.3, 0.4) is 0 Å². The van der Waals surface area contributed by atoms with Gasteiger partial charge in [0.05, 0.1) is 22.5 Å². The predicted octanol–water partition coefficient (Wildman–Crippen LogP) is 6.52. The van der Waals surface area contributed by atoms with Crippen LogP contribution in [-0.2, 0) is 6.18 Å². The van der Waals surface area contributed by atoms with Gasteiger partial charge in [-0.05, 0) is 51.0 Å². The maximum atomic E-state index is 14.0. The van der Waals surface area contributed by atoms with Gasteiger partial charge in [0.25, 0.3) is 5.89 Å². The molecular weight excluding hydrogens is 535 g/mol. The molecule has 0 unspecified atom stereocenters. The van der Waals surface area contributed by atoms with Crippen LogP contribution in [-0.4, -0.2) is 44.1 Å². The monoisotopic (exact) mass is 558 g/mol. The molecule has 0 aliphatic carbocycles. The Morgan fingerprint density at radius 3 is 2.35 bits per heavy atom. The number of aromatic nitrogens is 4. The summed E-state index contributed by atoms with van der Waals surface area (Å²) >= 11 is 0. The molecule has 8 nitrogen and oxygen atoms in total. The summed E-state index contributed by atoms with van der Waals surface area (Å²) in [6.07, 6.45) is -3.57. The van der Waals surface area contributed by atoms with Crippen LogP contribution in [0.5, 0.6) is 0 Å². The second-order valence-electron chi connectivity index (χ2n) is 9.41. The fraction of sp³-hybridized carbons (Fsp3) is 0.296. The van der Waals surface area contributed by atoms with Crippen molar-refractivity contribution in [1.82, 2.24) is 25.0 Å². The second-order valence-corrected chi connectivity index (χ2v) is 9.41. The van der Waals surface area contributed by atoms with E-state index in [-0.39, 0.29) is 36.3 Å². The van der Waals surface area contributed by atoms with Gasteiger partial charge in [0.15, 0.2) is 0 Å². The zero-order valence-electron chi connectivity index (χ0n) is 21.4. The van der Waals surface area contributed by atoms with Crippen molar-refractivity contribution in [2.24, 2.45) is 0 Å². The number of carbonyl (C=O) groups is 1. The standard InChI is InChI=1S/C27H23F5N6O2/c1-14-21(25-36-24(37-40-25)17-5-3-6-18(13-17)27(30,31)32)22(34-15(2)33-14)16-9-11-38(12-10-16)26(39)35-23-19(28)7-4-8-20(23)29/h3-8,13,16H,9-12H2,1-2H3,(H,35,39). The molecule has 0 radical (unpaired) electrons. The third-order valence-corrected chi connectivity index (χ3v) is 6.68. The quantitative estimate of drug-likeness (QED) is 0.287. The van der Waals surface area contributed by atoms with E-state index in [9.17, 15) is 26.7 Å². The summed E-state index contributed by atoms with van der Waals surface area (Å²) in [5, 5.41) is 6.19. The minimum atomic E-state index is -4.52. The van der Waals surface area contributed by atoms with Crippen LogP contribution in [0.25, 0.3) is 22.8 Å². The molecule has 5 rings (SSSR count). The first-order valence-corrected chi connectivity index (χ1v) is 12.4. The third-order valence-electron chi connectivity index (χ3n) is 6.68. The van der Waals surface area contributed by atoms with Crippen LogP contribution >= 0.6 is 0 Å². The number of amides is 2. The number of likely N-dealkylation sites (tertiary alicyclic amines) is 1. The molecule has 208 valence electrons. The van der Waals surface area contributed by atoms with Crippen molar-refractivity contribution in [3.05, 3.63) is 76.9 Å². The van der Waals surface area contributed by atoms with Crippen molar-refractivity contribution in [3.8, 4) is 22.8 Å². The molecule has 0 spiro atoms. The van der Waals surface area contributed by atoms with Gasteiger partial charge in [-0.15, -0.1) is 0 Å². The summed E-state index contributed by atoms with van der Waals surface area (Å²) in [6.45, 7) is 4.04. The first-order valence-electron chi connectivity index (χ1n) is 12.4. The Bertz CT molecular complexity index is 1540. The Kier molecular flexibility index (Phi) is 7.21. The smallest absolute Gasteiger partial charge is 0.333 e. The Hall–Kier alpha value is -4.42. The van der Waals surface area contributed by atoms with E-state index in [0.717, 1.165) is 24.3 Å². The van der Waals surface area contributed by atoms with E-state index in [1.165, 1.54) is 23.1 Å². The molecule has 0 saturated carbocycles. The number of hydrogen-bond acceptors (Lipinski definition) is 6. The molecule has 4 aromatic rings. The average molecular weight is 559 g/mol. The van der Waals surface area contributed by atoms with Crippen LogP contribution in [0.1, 0.15) is 41.5 Å². The zero-order chi connectivity index (χ0) is 28.6. The second kappa shape index (κ2) is 10.6. The Balaban J connectivity index is 1.37. The number of halogens is 5. The van der Waals surface area contributed by atoms with Gasteiger partial charge in [-0.25, -0.2) is 23.5 Å². The summed E-state index contributed by atoms with van der Waals surface area (Å²) < 4.78 is 72.9. The lowest BCUT2D eigenvalue weighted by Gasteiger charge is -2.32. The van der Waals surface area contributed by atoms with Gasteiger partial charge in [0.1, 0.15) is 23.1 Å². The SMILES string of the molecule is Cc1nc(C)c(-c2nc(-c3cccc(C(F)(F)F)c3)no2)c(C2CCN(C(=O)Nc3c(F)cccc3F)CC2)n1. The van der Waals surface area contributed by atoms with Crippen LogP contribution in [0, 0.1) is 25.5 Å². The van der Waals surface area contributed by atoms with Crippen molar-refractivity contribution in [1.29, 1.82) is 0 Å². The number of urea groups is 1. The van der Waals surface area contributed by atoms with Gasteiger partial charge < -0.3 is 14.7 Å². The lowest BCUT2D eigenvalue weighted by Crippen LogP contribution is -2.41. The molecule has 1 aliphatic rings. The Morgan fingerprint density at radius 2 is 1.68 bits per heavy atom. The van der Waals surface area contributed by atoms with Crippen molar-refractivity contribution < 1.29 is 31.3 Å². The summed E-state index contributed by atoms with van der Waals surface area (Å²) in [4.78, 5) is 27.5. The highest BCUT2D eigenvalue weighted by Crippen LogP contribution is 2.37. The highest BCUT2D eigenvalue weighted by molar-refractivity contribution is 5.89. The van der Waals surface area contributed by atoms with Gasteiger partial charge in [-0.3, -0.25) is 0 Å². The minimum absolute atomic E-state index is 0.0149. The van der Waals surface area contributed by atoms with Gasteiger partial charge in [0.2, 0.25) is 5.82 Å². The predicted molar refractivity (Wildman–Crippen MR) is 134 cm³/mol. The van der Waals surface area contributed by atoms with Crippen molar-refractivity contribution in [2.45, 2.75) is 38.8 Å². The van der Waals surface area contributed by atoms with E-state index in [1.807, 2.05) is 0 Å². The van der Waals surface area contributed by atoms with Crippen LogP contribution in [0.2, 0.25) is 0 Å². The molecule has 40 heavy (non-hydrogen) atoms. The molecule has 13 heteroatoms. The summed E-state index contributed by atoms with van der Waals surface area (Å²) in [5.41, 5.74) is 0.448. The van der Waals surface area contributed by atoms with Crippen LogP contribution in [0.15, 0.2) is 47.0 Å². The summed E-state index contributed by atoms with van der Waals surface area (Å²) in [5.74, 6) is -1.33. The average Bonchev–Trinajstić information content (AvgIpc) is 3.40. The Morgan fingerprint density at radius 1 is 1.00 bits per heavy atom. The number of aryl methyl sites for hydroxylation is 2. The fourth-order valence-corrected chi connectivity index (χ4v) is 4.74. The van der Waals surface area contributed by atoms with Gasteiger partial charge >= 0.3 is 12.2 Å². The van der Waals surface area contributed by atoms with E-state index in [2.05, 4.69) is 25.4 Å². The number of hydrogen-bond donors (Lipinski definition) is 1. The van der Waals surface area contributed by atoms with Crippen molar-refractivity contribution in [2.75, 3.05) is 18.4 Å². The van der Waals surface area contributed by atoms with Crippen LogP contribution < -0.4 is 5.32 Å². The molecule has 3 heterocycles. The highest BCUT2D eigenvalue weighted by Gasteiger charge is 2.32. The number of benzene rings is 2. The normalized spacial score (nSPS) is 14.4. The molecule has 1 fully saturated rings. The molecule has 0 atom stereocenters. The first-order chi connectivity index (χ1) is 19.0. The number of alkyl halides is 3. The fourth-order valence-electron chi connectivity index (χ4n) is 4.74. The maximum Gasteiger partial charge on any atom is 0.416 e. The lowest BCUT2D eigenvalue weighted by atomic mass is 9.90. The van der Waals surface area contributed by atoms with E-state index < -0.39 is 35.1 Å². The number of carbonyl (C=O) groups excluding carboxylic acids is 1. The van der Waals surface area contributed by atoms with E-state index in [1.54, 1.807) is 13.8 Å². The molecule has 1 aliphatic heterocycles. The first kappa shape index (κ1) is 27.2. The topological polar surface area (TPSA) is 97.0 Å². The zero-order valence-corrected chi connectivity index (χ0v) is 21.4. The molecule has 2 amide bonds. The number of nitrogens with zero attached hydrogens (tertiary/aromatic N) is 5. The molecule has 0 bridgehead atoms. The molecular formula is C27H23F5N6O2. The number of piperidine rings is 1. The largest absolute Gasteiger partial charge is 0.416 e. The van der Waals surface area contributed by atoms with Crippen LogP contribution in [0.4, 0.5) is 32.4 Å². The number of para-hydroxylation sites is 1. The van der Waals surface area contributed by atoms with E-state index in [4.69, 9.17) is 4.52 Å². The van der Waals surface area contributed by atoms with Crippen molar-refractivity contribution in [3.63, 3.8) is 0 Å². The lowest BCUT2D eigenvalue weighted by molar-refractivity contribution is -0.137. The van der Waals surface area contributed by atoms with Crippen molar-refractivity contribution >= 4 is 11.7 Å². The number of rotatable bonds is 4. The molecule has 1 N–H and O–H groups in total. The van der Waals surface area contributed by atoms with Gasteiger partial charge in [-0.1, -0.05) is 23.4 Å². The Labute approximate surface area is 225 Å². The number of anilines is 1. The van der Waals surface area contributed by atoms with E-state index in [0.29, 0.717) is 35.6 Å². The molecule has 2 aromatic carbocycles. The van der Waals surface area contributed by atoms with Gasteiger partial charge in [-0.2, -0.15) is 18.2 Å². The number of nitrogens with one attached hydrogen (secondary N) is 1. The van der Waals surface area contributed by atoms with E-state index >= 15 is 0 Å². The van der Waals surface area contributed by atoms with Gasteiger partial charge in [0, 0.05) is 24.6 Å². The highest BCUT2D eigenvalue weighted by atomic mass is 19.4. The third kappa shape index (κ3) is 5.49. The molecule has 1 saturated heterocycles. The summed E-state index contributed by atoms with van der Waals surface area (Å²) in [6, 6.07) is 7.33. The summed E-state index contributed by atoms with van der Waals surface area (Å²) in [7, 11) is 0. The minimum Gasteiger partial charge on any atom is -0.333 e. The maximum absolute atomic E-state index is 14.0. The molecule has 2 aromatic heterocycles.